The van der Waals surface area contributed by atoms with E-state index in [1.165, 1.54) is 34.2 Å². The van der Waals surface area contributed by atoms with Gasteiger partial charge in [0.25, 0.3) is 0 Å². The molecule has 2 N–H and O–H groups in total. The fourth-order valence-electron chi connectivity index (χ4n) is 3.31. The maximum absolute atomic E-state index is 12.4. The van der Waals surface area contributed by atoms with Crippen molar-refractivity contribution in [1.82, 2.24) is 14.3 Å². The van der Waals surface area contributed by atoms with Crippen LogP contribution < -0.4 is 5.32 Å². The SMILES string of the molecule is Cc1ccccc1COC(=O)Nc1c(C)nsc1C#Cc1nc2sc(C3(C(=O)O)CC3)nc2s1. The van der Waals surface area contributed by atoms with Gasteiger partial charge in [0.15, 0.2) is 14.7 Å². The van der Waals surface area contributed by atoms with Crippen molar-refractivity contribution in [2.75, 3.05) is 5.32 Å². The number of amides is 1. The quantitative estimate of drug-likeness (QED) is 0.359. The monoisotopic (exact) mass is 510 g/mol. The van der Waals surface area contributed by atoms with Crippen LogP contribution in [0.2, 0.25) is 0 Å². The predicted octanol–water partition coefficient (Wildman–Crippen LogP) is 5.09. The number of nitrogens with zero attached hydrogens (tertiary/aromatic N) is 3. The van der Waals surface area contributed by atoms with Crippen molar-refractivity contribution in [3.8, 4) is 11.8 Å². The first-order valence-corrected chi connectivity index (χ1v) is 12.7. The second-order valence-corrected chi connectivity index (χ2v) is 10.6. The number of hydrogen-bond acceptors (Lipinski definition) is 9. The molecule has 5 rings (SSSR count). The Morgan fingerprint density at radius 1 is 1.15 bits per heavy atom. The number of ether oxygens (including phenoxy) is 1. The van der Waals surface area contributed by atoms with Crippen LogP contribution >= 0.6 is 34.2 Å². The molecular formula is C23H18N4O4S3. The predicted molar refractivity (Wildman–Crippen MR) is 132 cm³/mol. The molecule has 0 spiro atoms. The van der Waals surface area contributed by atoms with Crippen LogP contribution in [0.3, 0.4) is 0 Å². The molecule has 0 bridgehead atoms. The summed E-state index contributed by atoms with van der Waals surface area (Å²) in [5.41, 5.74) is 2.33. The van der Waals surface area contributed by atoms with Gasteiger partial charge >= 0.3 is 12.1 Å². The summed E-state index contributed by atoms with van der Waals surface area (Å²) in [5, 5.41) is 13.4. The molecule has 1 saturated carbocycles. The van der Waals surface area contributed by atoms with E-state index >= 15 is 0 Å². The number of benzene rings is 1. The Kier molecular flexibility index (Phi) is 5.81. The van der Waals surface area contributed by atoms with E-state index in [9.17, 15) is 14.7 Å². The smallest absolute Gasteiger partial charge is 0.412 e. The van der Waals surface area contributed by atoms with Gasteiger partial charge in [0.05, 0.1) is 11.4 Å². The number of aliphatic carboxylic acids is 1. The van der Waals surface area contributed by atoms with Gasteiger partial charge in [-0.05, 0) is 61.2 Å². The zero-order valence-corrected chi connectivity index (χ0v) is 20.6. The van der Waals surface area contributed by atoms with E-state index in [-0.39, 0.29) is 6.61 Å². The van der Waals surface area contributed by atoms with Gasteiger partial charge in [0.2, 0.25) is 0 Å². The highest BCUT2D eigenvalue weighted by molar-refractivity contribution is 7.26. The van der Waals surface area contributed by atoms with Gasteiger partial charge in [-0.25, -0.2) is 14.8 Å². The van der Waals surface area contributed by atoms with E-state index in [4.69, 9.17) is 4.74 Å². The number of rotatable bonds is 5. The molecule has 0 atom stereocenters. The van der Waals surface area contributed by atoms with Gasteiger partial charge in [-0.2, -0.15) is 4.37 Å². The van der Waals surface area contributed by atoms with Crippen LogP contribution in [0.25, 0.3) is 9.66 Å². The van der Waals surface area contributed by atoms with Crippen molar-refractivity contribution in [3.63, 3.8) is 0 Å². The van der Waals surface area contributed by atoms with Gasteiger partial charge in [0, 0.05) is 0 Å². The maximum atomic E-state index is 12.4. The van der Waals surface area contributed by atoms with Crippen molar-refractivity contribution in [3.05, 3.63) is 56.0 Å². The minimum atomic E-state index is -0.828. The highest BCUT2D eigenvalue weighted by Crippen LogP contribution is 2.50. The molecule has 1 amide bonds. The summed E-state index contributed by atoms with van der Waals surface area (Å²) in [6.07, 6.45) is 0.654. The van der Waals surface area contributed by atoms with Gasteiger partial charge in [0.1, 0.15) is 21.9 Å². The summed E-state index contributed by atoms with van der Waals surface area (Å²) in [7, 11) is 0. The van der Waals surface area contributed by atoms with Gasteiger partial charge in [-0.3, -0.25) is 10.1 Å². The number of carboxylic acids is 1. The van der Waals surface area contributed by atoms with E-state index in [2.05, 4.69) is 31.5 Å². The number of aromatic nitrogens is 3. The van der Waals surface area contributed by atoms with Gasteiger partial charge in [-0.1, -0.05) is 46.9 Å². The van der Waals surface area contributed by atoms with Crippen LogP contribution in [0.1, 0.15) is 44.6 Å². The molecule has 172 valence electrons. The molecule has 0 saturated heterocycles. The molecular weight excluding hydrogens is 492 g/mol. The second kappa shape index (κ2) is 8.79. The lowest BCUT2D eigenvalue weighted by Gasteiger charge is -2.08. The molecule has 34 heavy (non-hydrogen) atoms. The first-order chi connectivity index (χ1) is 16.4. The molecule has 0 unspecified atom stereocenters. The molecule has 8 nitrogen and oxygen atoms in total. The van der Waals surface area contributed by atoms with Crippen LogP contribution in [-0.2, 0) is 21.6 Å². The lowest BCUT2D eigenvalue weighted by molar-refractivity contribution is -0.140. The standard InChI is InChI=1S/C23H18N4O4S3/c1-12-5-3-4-6-14(12)11-31-22(30)25-17-13(2)27-34-15(17)7-8-16-24-18-19(32-16)26-20(33-18)23(9-10-23)21(28)29/h3-6H,9-11H2,1-2H3,(H,25,30)(H,28,29). The van der Waals surface area contributed by atoms with Crippen LogP contribution in [0.5, 0.6) is 0 Å². The number of hydrogen-bond donors (Lipinski definition) is 2. The molecule has 1 aliphatic rings. The summed E-state index contributed by atoms with van der Waals surface area (Å²) in [6, 6.07) is 7.72. The number of carbonyl (C=O) groups is 2. The first kappa shape index (κ1) is 22.5. The molecule has 1 fully saturated rings. The van der Waals surface area contributed by atoms with Crippen molar-refractivity contribution < 1.29 is 19.4 Å². The average molecular weight is 511 g/mol. The van der Waals surface area contributed by atoms with Crippen molar-refractivity contribution in [2.24, 2.45) is 0 Å². The van der Waals surface area contributed by atoms with E-state index in [0.717, 1.165) is 11.1 Å². The number of carbonyl (C=O) groups excluding carboxylic acids is 1. The lowest BCUT2D eigenvalue weighted by atomic mass is 10.1. The van der Waals surface area contributed by atoms with Crippen molar-refractivity contribution in [2.45, 2.75) is 38.7 Å². The van der Waals surface area contributed by atoms with Crippen molar-refractivity contribution in [1.29, 1.82) is 0 Å². The Labute approximate surface area is 206 Å². The van der Waals surface area contributed by atoms with Gasteiger partial charge in [-0.15, -0.1) is 0 Å². The Bertz CT molecular complexity index is 1460. The molecule has 1 aromatic carbocycles. The Morgan fingerprint density at radius 2 is 1.91 bits per heavy atom. The Hall–Kier alpha value is -3.33. The van der Waals surface area contributed by atoms with Crippen LogP contribution in [-0.4, -0.2) is 31.5 Å². The fraction of sp³-hybridized carbons (Fsp3) is 0.261. The largest absolute Gasteiger partial charge is 0.481 e. The summed E-state index contributed by atoms with van der Waals surface area (Å²) in [6.45, 7) is 3.93. The Balaban J connectivity index is 1.29. The third-order valence-electron chi connectivity index (χ3n) is 5.54. The van der Waals surface area contributed by atoms with E-state index in [1.807, 2.05) is 31.2 Å². The summed E-state index contributed by atoms with van der Waals surface area (Å²) in [4.78, 5) is 34.9. The average Bonchev–Trinajstić information content (AvgIpc) is 3.25. The van der Waals surface area contributed by atoms with Crippen LogP contribution in [0, 0.1) is 25.7 Å². The normalized spacial score (nSPS) is 13.8. The molecule has 0 aliphatic heterocycles. The van der Waals surface area contributed by atoms with E-state index in [0.29, 0.717) is 48.8 Å². The topological polar surface area (TPSA) is 114 Å². The third kappa shape index (κ3) is 4.27. The fourth-order valence-corrected chi connectivity index (χ4v) is 6.15. The number of anilines is 1. The summed E-state index contributed by atoms with van der Waals surface area (Å²) in [5.74, 6) is 5.22. The lowest BCUT2D eigenvalue weighted by Crippen LogP contribution is -2.18. The first-order valence-electron chi connectivity index (χ1n) is 10.3. The maximum Gasteiger partial charge on any atom is 0.412 e. The minimum absolute atomic E-state index is 0.171. The highest BCUT2D eigenvalue weighted by Gasteiger charge is 2.54. The number of aryl methyl sites for hydroxylation is 2. The third-order valence-corrected chi connectivity index (χ3v) is 8.54. The van der Waals surface area contributed by atoms with Crippen LogP contribution in [0.4, 0.5) is 10.5 Å². The second-order valence-electron chi connectivity index (χ2n) is 7.89. The number of carboxylic acid groups (broad SMARTS) is 1. The zero-order chi connectivity index (χ0) is 23.9. The molecule has 0 radical (unpaired) electrons. The number of fused-ring (bicyclic) bond motifs is 1. The highest BCUT2D eigenvalue weighted by atomic mass is 32.1. The van der Waals surface area contributed by atoms with Crippen LogP contribution in [0.15, 0.2) is 24.3 Å². The zero-order valence-electron chi connectivity index (χ0n) is 18.2. The number of thiazole rings is 2. The molecule has 4 aromatic rings. The number of nitrogens with one attached hydrogen (secondary N) is 1. The van der Waals surface area contributed by atoms with Gasteiger partial charge < -0.3 is 9.84 Å². The van der Waals surface area contributed by atoms with E-state index in [1.54, 1.807) is 6.92 Å². The minimum Gasteiger partial charge on any atom is -0.481 e. The van der Waals surface area contributed by atoms with E-state index < -0.39 is 17.5 Å². The summed E-state index contributed by atoms with van der Waals surface area (Å²) >= 11 is 3.82. The van der Waals surface area contributed by atoms with Crippen molar-refractivity contribution >= 4 is 61.6 Å². The molecule has 11 heteroatoms. The molecule has 3 heterocycles. The molecule has 3 aromatic heterocycles. The molecule has 1 aliphatic carbocycles. The summed E-state index contributed by atoms with van der Waals surface area (Å²) < 4.78 is 9.66. The Morgan fingerprint density at radius 3 is 2.62 bits per heavy atom.